The second-order valence-electron chi connectivity index (χ2n) is 9.49. The number of nitrogens with two attached hydrogens (primary N) is 1. The number of likely N-dealkylation sites (tertiary alicyclic amines) is 1. The Kier molecular flexibility index (Phi) is 7.63. The molecule has 0 bridgehead atoms. The molecule has 1 aliphatic rings. The summed E-state index contributed by atoms with van der Waals surface area (Å²) < 4.78 is 1.71. The first kappa shape index (κ1) is 26.3. The summed E-state index contributed by atoms with van der Waals surface area (Å²) in [4.78, 5) is 51.4. The number of nitrogens with zero attached hydrogens (tertiary/aromatic N) is 5. The van der Waals surface area contributed by atoms with E-state index in [0.717, 1.165) is 21.6 Å². The molecule has 3 atom stereocenters. The minimum atomic E-state index is -0.950. The van der Waals surface area contributed by atoms with Gasteiger partial charge in [0.1, 0.15) is 11.9 Å². The van der Waals surface area contributed by atoms with Crippen molar-refractivity contribution < 1.29 is 14.4 Å². The lowest BCUT2D eigenvalue weighted by Gasteiger charge is -2.46. The topological polar surface area (TPSA) is 114 Å². The Hall–Kier alpha value is -3.72. The maximum atomic E-state index is 13.7. The van der Waals surface area contributed by atoms with Crippen molar-refractivity contribution in [2.75, 3.05) is 17.7 Å². The summed E-state index contributed by atoms with van der Waals surface area (Å²) >= 11 is 6.23. The van der Waals surface area contributed by atoms with Crippen LogP contribution in [-0.2, 0) is 27.9 Å². The van der Waals surface area contributed by atoms with Crippen LogP contribution < -0.4 is 10.6 Å². The summed E-state index contributed by atoms with van der Waals surface area (Å²) in [5.74, 6) is -1.22. The number of imidazole rings is 1. The van der Waals surface area contributed by atoms with Crippen LogP contribution in [0.3, 0.4) is 0 Å². The third-order valence-corrected chi connectivity index (χ3v) is 7.29. The molecule has 37 heavy (non-hydrogen) atoms. The molecule has 0 aliphatic carbocycles. The minimum absolute atomic E-state index is 0.0915. The van der Waals surface area contributed by atoms with E-state index in [0.29, 0.717) is 23.2 Å². The number of carbonyl (C=O) groups excluding carboxylic acids is 3. The molecule has 4 rings (SSSR count). The molecule has 9 nitrogen and oxygen atoms in total. The average molecular weight is 523 g/mol. The van der Waals surface area contributed by atoms with E-state index in [-0.39, 0.29) is 36.5 Å². The molecule has 3 heterocycles. The number of halogens is 1. The molecule has 10 heteroatoms. The van der Waals surface area contributed by atoms with E-state index in [2.05, 4.69) is 9.97 Å². The largest absolute Gasteiger partial charge is 0.384 e. The van der Waals surface area contributed by atoms with Crippen LogP contribution >= 0.6 is 11.6 Å². The summed E-state index contributed by atoms with van der Waals surface area (Å²) in [5.41, 5.74) is 8.58. The summed E-state index contributed by atoms with van der Waals surface area (Å²) in [6.07, 6.45) is 5.92. The molecular formula is C27H31ClN6O3. The maximum Gasteiger partial charge on any atom is 0.253 e. The third-order valence-electron chi connectivity index (χ3n) is 7.06. The van der Waals surface area contributed by atoms with E-state index >= 15 is 0 Å². The molecular weight excluding hydrogens is 492 g/mol. The maximum absolute atomic E-state index is 13.7. The molecule has 1 saturated heterocycles. The van der Waals surface area contributed by atoms with Gasteiger partial charge in [-0.25, -0.2) is 9.97 Å². The van der Waals surface area contributed by atoms with Gasteiger partial charge in [0, 0.05) is 44.1 Å². The zero-order chi connectivity index (χ0) is 26.9. The fourth-order valence-electron chi connectivity index (χ4n) is 5.00. The number of aryl methyl sites for hydroxylation is 2. The van der Waals surface area contributed by atoms with E-state index in [1.165, 1.54) is 4.90 Å². The zero-order valence-electron chi connectivity index (χ0n) is 21.4. The van der Waals surface area contributed by atoms with E-state index in [1.54, 1.807) is 49.4 Å². The predicted molar refractivity (Wildman–Crippen MR) is 142 cm³/mol. The number of likely N-dealkylation sites (N-methyl/N-ethyl adjacent to an activating group) is 1. The van der Waals surface area contributed by atoms with Crippen molar-refractivity contribution in [3.63, 3.8) is 0 Å². The molecule has 0 radical (unpaired) electrons. The number of hydrogen-bond donors (Lipinski definition) is 1. The summed E-state index contributed by atoms with van der Waals surface area (Å²) in [7, 11) is 3.37. The first-order chi connectivity index (χ1) is 17.6. The number of carbonyl (C=O) groups is 3. The number of nitrogen functional groups attached to an aromatic ring is 1. The van der Waals surface area contributed by atoms with Gasteiger partial charge in [-0.2, -0.15) is 0 Å². The smallest absolute Gasteiger partial charge is 0.253 e. The van der Waals surface area contributed by atoms with Crippen molar-refractivity contribution in [1.29, 1.82) is 0 Å². The van der Waals surface area contributed by atoms with Gasteiger partial charge in [-0.15, -0.1) is 0 Å². The molecule has 2 N–H and O–H groups in total. The first-order valence-electron chi connectivity index (χ1n) is 12.2. The van der Waals surface area contributed by atoms with Crippen molar-refractivity contribution in [3.8, 4) is 0 Å². The van der Waals surface area contributed by atoms with Gasteiger partial charge < -0.3 is 10.3 Å². The summed E-state index contributed by atoms with van der Waals surface area (Å²) in [5, 5.41) is 0.591. The van der Waals surface area contributed by atoms with Gasteiger partial charge in [-0.05, 0) is 66.6 Å². The lowest BCUT2D eigenvalue weighted by molar-refractivity contribution is -0.170. The van der Waals surface area contributed by atoms with E-state index in [9.17, 15) is 14.4 Å². The molecule has 1 aromatic carbocycles. The molecule has 0 saturated carbocycles. The minimum Gasteiger partial charge on any atom is -0.384 e. The lowest BCUT2D eigenvalue weighted by Crippen LogP contribution is -2.69. The van der Waals surface area contributed by atoms with Gasteiger partial charge in [-0.1, -0.05) is 24.6 Å². The summed E-state index contributed by atoms with van der Waals surface area (Å²) in [6, 6.07) is 8.08. The highest BCUT2D eigenvalue weighted by Gasteiger charge is 2.55. The fourth-order valence-corrected chi connectivity index (χ4v) is 5.18. The highest BCUT2D eigenvalue weighted by molar-refractivity contribution is 6.30. The average Bonchev–Trinajstić information content (AvgIpc) is 3.30. The normalized spacial score (nSPS) is 17.9. The van der Waals surface area contributed by atoms with Crippen LogP contribution in [-0.4, -0.2) is 50.2 Å². The fraction of sp³-hybridized carbons (Fsp3) is 0.370. The lowest BCUT2D eigenvalue weighted by atomic mass is 9.80. The van der Waals surface area contributed by atoms with Gasteiger partial charge in [0.25, 0.3) is 5.91 Å². The summed E-state index contributed by atoms with van der Waals surface area (Å²) in [6.45, 7) is 3.96. The molecule has 1 fully saturated rings. The number of pyridine rings is 1. The monoisotopic (exact) mass is 522 g/mol. The standard InChI is InChI=1S/C27H31ClN6O3/c1-5-18(20-15-19(28)7-6-16(20)2)14-23(35)34-24(26(37)33(4)27-31-10-11-32(27)3)21(25(34)36)12-17-8-9-30-22(29)13-17/h6-11,13,15,18,21,24H,5,12,14H2,1-4H3,(H2,29,30)/t18-,21+,24-/m0/s1. The molecule has 3 aromatic rings. The Morgan fingerprint density at radius 3 is 2.59 bits per heavy atom. The number of rotatable bonds is 8. The number of anilines is 2. The first-order valence-corrected chi connectivity index (χ1v) is 12.6. The third kappa shape index (κ3) is 5.22. The van der Waals surface area contributed by atoms with E-state index < -0.39 is 12.0 Å². The van der Waals surface area contributed by atoms with Crippen LogP contribution in [0.4, 0.5) is 11.8 Å². The molecule has 3 amide bonds. The van der Waals surface area contributed by atoms with Crippen LogP contribution in [0.2, 0.25) is 5.02 Å². The SMILES string of the molecule is CC[C@@H](CC(=O)N1C(=O)[C@H](Cc2ccnc(N)c2)[C@H]1C(=O)N(C)c1nccn1C)c1cc(Cl)ccc1C. The van der Waals surface area contributed by atoms with Crippen LogP contribution in [0.25, 0.3) is 0 Å². The van der Waals surface area contributed by atoms with Gasteiger partial charge in [0.15, 0.2) is 0 Å². The molecule has 194 valence electrons. The molecule has 0 spiro atoms. The van der Waals surface area contributed by atoms with Crippen LogP contribution in [0, 0.1) is 12.8 Å². The second-order valence-corrected chi connectivity index (χ2v) is 9.93. The Labute approximate surface area is 221 Å². The highest BCUT2D eigenvalue weighted by atomic mass is 35.5. The van der Waals surface area contributed by atoms with Crippen LogP contribution in [0.1, 0.15) is 42.4 Å². The Bertz CT molecular complexity index is 1340. The van der Waals surface area contributed by atoms with Crippen molar-refractivity contribution in [2.45, 2.75) is 45.1 Å². The van der Waals surface area contributed by atoms with Crippen LogP contribution in [0.5, 0.6) is 0 Å². The van der Waals surface area contributed by atoms with Crippen molar-refractivity contribution in [2.24, 2.45) is 13.0 Å². The quantitative estimate of drug-likeness (QED) is 0.453. The number of hydrogen-bond acceptors (Lipinski definition) is 6. The van der Waals surface area contributed by atoms with Gasteiger partial charge >= 0.3 is 0 Å². The Balaban J connectivity index is 1.62. The zero-order valence-corrected chi connectivity index (χ0v) is 22.1. The predicted octanol–water partition coefficient (Wildman–Crippen LogP) is 3.50. The van der Waals surface area contributed by atoms with Gasteiger partial charge in [0.05, 0.1) is 5.92 Å². The number of amides is 3. The molecule has 0 unspecified atom stereocenters. The second kappa shape index (κ2) is 10.7. The molecule has 1 aliphatic heterocycles. The van der Waals surface area contributed by atoms with E-state index in [1.807, 2.05) is 32.0 Å². The molecule has 2 aromatic heterocycles. The van der Waals surface area contributed by atoms with Crippen LogP contribution in [0.15, 0.2) is 48.9 Å². The Morgan fingerprint density at radius 2 is 1.95 bits per heavy atom. The number of aromatic nitrogens is 3. The number of benzene rings is 1. The number of imide groups is 1. The van der Waals surface area contributed by atoms with Gasteiger partial charge in [-0.3, -0.25) is 24.2 Å². The number of β-lactam (4-membered cyclic amide) rings is 1. The van der Waals surface area contributed by atoms with Crippen molar-refractivity contribution in [1.82, 2.24) is 19.4 Å². The Morgan fingerprint density at radius 1 is 1.19 bits per heavy atom. The van der Waals surface area contributed by atoms with E-state index in [4.69, 9.17) is 17.3 Å². The highest BCUT2D eigenvalue weighted by Crippen LogP contribution is 2.36. The van der Waals surface area contributed by atoms with Crippen molar-refractivity contribution >= 4 is 41.1 Å². The van der Waals surface area contributed by atoms with Crippen molar-refractivity contribution in [3.05, 3.63) is 70.6 Å². The van der Waals surface area contributed by atoms with Gasteiger partial charge in [0.2, 0.25) is 17.8 Å².